The molecule has 0 aromatic carbocycles. The Morgan fingerprint density at radius 2 is 2.35 bits per heavy atom. The predicted molar refractivity (Wildman–Crippen MR) is 83.3 cm³/mol. The lowest BCUT2D eigenvalue weighted by atomic mass is 9.91. The van der Waals surface area contributed by atoms with E-state index in [1.54, 1.807) is 14.0 Å². The van der Waals surface area contributed by atoms with Crippen LogP contribution in [-0.2, 0) is 9.47 Å². The fourth-order valence-electron chi connectivity index (χ4n) is 3.49. The highest BCUT2D eigenvalue weighted by Gasteiger charge is 2.37. The van der Waals surface area contributed by atoms with Crippen molar-refractivity contribution in [3.05, 3.63) is 17.8 Å². The fourth-order valence-corrected chi connectivity index (χ4v) is 3.49. The van der Waals surface area contributed by atoms with Gasteiger partial charge in [-0.25, -0.2) is 4.98 Å². The van der Waals surface area contributed by atoms with Gasteiger partial charge in [-0.05, 0) is 13.3 Å². The number of rotatable bonds is 4. The molecule has 2 saturated heterocycles. The molecule has 0 spiro atoms. The molecule has 2 aliphatic heterocycles. The van der Waals surface area contributed by atoms with Crippen molar-refractivity contribution < 1.29 is 18.7 Å². The molecule has 2 atom stereocenters. The van der Waals surface area contributed by atoms with E-state index in [1.165, 1.54) is 6.39 Å². The SMILES string of the molecule is COCCN1CCOC[C@H]2CCN(C(=O)c3ocnc3C)C[C@H]21. The summed E-state index contributed by atoms with van der Waals surface area (Å²) in [4.78, 5) is 21.0. The lowest BCUT2D eigenvalue weighted by molar-refractivity contribution is 0.0309. The van der Waals surface area contributed by atoms with Crippen molar-refractivity contribution in [2.45, 2.75) is 19.4 Å². The standard InChI is InChI=1S/C16H25N3O4/c1-12-15(23-11-17-12)16(20)19-4-3-13-10-22-8-6-18(5-7-21-2)14(13)9-19/h11,13-14H,3-10H2,1-2H3/t13-,14-/m1/s1. The van der Waals surface area contributed by atoms with Gasteiger partial charge < -0.3 is 18.8 Å². The topological polar surface area (TPSA) is 68.0 Å². The van der Waals surface area contributed by atoms with Crippen LogP contribution < -0.4 is 0 Å². The van der Waals surface area contributed by atoms with Crippen molar-refractivity contribution in [3.8, 4) is 0 Å². The van der Waals surface area contributed by atoms with Gasteiger partial charge in [0.05, 0.1) is 25.5 Å². The third-order valence-corrected chi connectivity index (χ3v) is 4.85. The Balaban J connectivity index is 1.72. The van der Waals surface area contributed by atoms with Gasteiger partial charge in [-0.2, -0.15) is 0 Å². The minimum Gasteiger partial charge on any atom is -0.438 e. The average molecular weight is 323 g/mol. The Hall–Kier alpha value is -1.44. The van der Waals surface area contributed by atoms with Gasteiger partial charge in [-0.15, -0.1) is 0 Å². The molecule has 1 aromatic heterocycles. The molecular weight excluding hydrogens is 298 g/mol. The smallest absolute Gasteiger partial charge is 0.291 e. The third kappa shape index (κ3) is 3.57. The quantitative estimate of drug-likeness (QED) is 0.816. The molecule has 128 valence electrons. The van der Waals surface area contributed by atoms with Crippen LogP contribution in [0.15, 0.2) is 10.8 Å². The van der Waals surface area contributed by atoms with Gasteiger partial charge in [0.1, 0.15) is 0 Å². The van der Waals surface area contributed by atoms with E-state index in [1.807, 2.05) is 4.90 Å². The molecule has 2 fully saturated rings. The van der Waals surface area contributed by atoms with E-state index < -0.39 is 0 Å². The molecule has 7 nitrogen and oxygen atoms in total. The average Bonchev–Trinajstić information content (AvgIpc) is 2.89. The van der Waals surface area contributed by atoms with Gasteiger partial charge in [0, 0.05) is 45.2 Å². The molecule has 0 bridgehead atoms. The van der Waals surface area contributed by atoms with E-state index in [9.17, 15) is 4.79 Å². The highest BCUT2D eigenvalue weighted by atomic mass is 16.5. The number of likely N-dealkylation sites (tertiary alicyclic amines) is 1. The van der Waals surface area contributed by atoms with Crippen LogP contribution >= 0.6 is 0 Å². The van der Waals surface area contributed by atoms with E-state index in [0.717, 1.165) is 39.3 Å². The summed E-state index contributed by atoms with van der Waals surface area (Å²) in [5, 5.41) is 0. The summed E-state index contributed by atoms with van der Waals surface area (Å²) in [5.41, 5.74) is 0.651. The number of fused-ring (bicyclic) bond motifs is 1. The largest absolute Gasteiger partial charge is 0.438 e. The van der Waals surface area contributed by atoms with Crippen LogP contribution in [0.3, 0.4) is 0 Å². The monoisotopic (exact) mass is 323 g/mol. The minimum absolute atomic E-state index is 0.0599. The number of carbonyl (C=O) groups excluding carboxylic acids is 1. The van der Waals surface area contributed by atoms with Gasteiger partial charge in [0.15, 0.2) is 6.39 Å². The second-order valence-electron chi connectivity index (χ2n) is 6.24. The second kappa shape index (κ2) is 7.42. The summed E-state index contributed by atoms with van der Waals surface area (Å²) in [7, 11) is 1.72. The van der Waals surface area contributed by atoms with Crippen LogP contribution in [0.2, 0.25) is 0 Å². The Labute approximate surface area is 136 Å². The number of amides is 1. The van der Waals surface area contributed by atoms with E-state index >= 15 is 0 Å². The first-order chi connectivity index (χ1) is 11.2. The molecule has 3 rings (SSSR count). The molecule has 23 heavy (non-hydrogen) atoms. The highest BCUT2D eigenvalue weighted by Crippen LogP contribution is 2.26. The summed E-state index contributed by atoms with van der Waals surface area (Å²) in [6, 6.07) is 0.313. The van der Waals surface area contributed by atoms with Crippen LogP contribution in [0.25, 0.3) is 0 Å². The molecule has 7 heteroatoms. The summed E-state index contributed by atoms with van der Waals surface area (Å²) >= 11 is 0. The molecule has 1 aromatic rings. The van der Waals surface area contributed by atoms with Gasteiger partial charge in [-0.1, -0.05) is 0 Å². The second-order valence-corrected chi connectivity index (χ2v) is 6.24. The number of hydrogen-bond acceptors (Lipinski definition) is 6. The van der Waals surface area contributed by atoms with Crippen LogP contribution in [0.5, 0.6) is 0 Å². The van der Waals surface area contributed by atoms with Gasteiger partial charge in [0.2, 0.25) is 5.76 Å². The lowest BCUT2D eigenvalue weighted by Gasteiger charge is -2.42. The van der Waals surface area contributed by atoms with Crippen molar-refractivity contribution in [1.29, 1.82) is 0 Å². The molecule has 0 radical (unpaired) electrons. The number of carbonyl (C=O) groups is 1. The van der Waals surface area contributed by atoms with E-state index in [0.29, 0.717) is 36.6 Å². The number of aryl methyl sites for hydroxylation is 1. The number of nitrogens with zero attached hydrogens (tertiary/aromatic N) is 3. The van der Waals surface area contributed by atoms with Crippen molar-refractivity contribution in [2.24, 2.45) is 5.92 Å². The number of ether oxygens (including phenoxy) is 2. The van der Waals surface area contributed by atoms with Gasteiger partial charge in [0.25, 0.3) is 5.91 Å². The Morgan fingerprint density at radius 1 is 1.48 bits per heavy atom. The number of methoxy groups -OCH3 is 1. The molecule has 0 saturated carbocycles. The molecule has 0 N–H and O–H groups in total. The van der Waals surface area contributed by atoms with Crippen LogP contribution in [0, 0.1) is 12.8 Å². The van der Waals surface area contributed by atoms with Crippen molar-refractivity contribution in [3.63, 3.8) is 0 Å². The first-order valence-corrected chi connectivity index (χ1v) is 8.20. The first-order valence-electron chi connectivity index (χ1n) is 8.20. The van der Waals surface area contributed by atoms with Crippen molar-refractivity contribution in [2.75, 3.05) is 53.1 Å². The molecule has 0 aliphatic carbocycles. The normalized spacial score (nSPS) is 25.9. The molecule has 1 amide bonds. The van der Waals surface area contributed by atoms with E-state index in [-0.39, 0.29) is 5.91 Å². The summed E-state index contributed by atoms with van der Waals surface area (Å²) < 4.78 is 16.2. The zero-order valence-corrected chi connectivity index (χ0v) is 13.9. The minimum atomic E-state index is -0.0599. The number of oxazole rings is 1. The molecule has 2 aliphatic rings. The summed E-state index contributed by atoms with van der Waals surface area (Å²) in [6.07, 6.45) is 2.28. The first kappa shape index (κ1) is 16.4. The molecular formula is C16H25N3O4. The van der Waals surface area contributed by atoms with Crippen LogP contribution in [0.1, 0.15) is 22.7 Å². The zero-order valence-electron chi connectivity index (χ0n) is 13.9. The highest BCUT2D eigenvalue weighted by molar-refractivity contribution is 5.92. The Morgan fingerprint density at radius 3 is 3.09 bits per heavy atom. The maximum Gasteiger partial charge on any atom is 0.291 e. The Bertz CT molecular complexity index is 533. The third-order valence-electron chi connectivity index (χ3n) is 4.85. The Kier molecular flexibility index (Phi) is 5.30. The lowest BCUT2D eigenvalue weighted by Crippen LogP contribution is -2.55. The maximum atomic E-state index is 12.7. The number of hydrogen-bond donors (Lipinski definition) is 0. The maximum absolute atomic E-state index is 12.7. The zero-order chi connectivity index (χ0) is 16.2. The summed E-state index contributed by atoms with van der Waals surface area (Å²) in [6.45, 7) is 7.20. The van der Waals surface area contributed by atoms with Gasteiger partial charge >= 0.3 is 0 Å². The van der Waals surface area contributed by atoms with E-state index in [4.69, 9.17) is 13.9 Å². The molecule has 0 unspecified atom stereocenters. The number of aromatic nitrogens is 1. The van der Waals surface area contributed by atoms with Gasteiger partial charge in [-0.3, -0.25) is 9.69 Å². The number of piperidine rings is 1. The van der Waals surface area contributed by atoms with Crippen LogP contribution in [-0.4, -0.2) is 79.8 Å². The van der Waals surface area contributed by atoms with Crippen molar-refractivity contribution in [1.82, 2.24) is 14.8 Å². The van der Waals surface area contributed by atoms with E-state index in [2.05, 4.69) is 9.88 Å². The van der Waals surface area contributed by atoms with Crippen LogP contribution in [0.4, 0.5) is 0 Å². The molecule has 3 heterocycles. The fraction of sp³-hybridized carbons (Fsp3) is 0.750. The van der Waals surface area contributed by atoms with Crippen molar-refractivity contribution >= 4 is 5.91 Å². The summed E-state index contributed by atoms with van der Waals surface area (Å²) in [5.74, 6) is 0.765. The predicted octanol–water partition coefficient (Wildman–Crippen LogP) is 0.792.